The van der Waals surface area contributed by atoms with Crippen molar-refractivity contribution in [2.24, 2.45) is 5.92 Å². The van der Waals surface area contributed by atoms with Crippen LogP contribution in [0.5, 0.6) is 0 Å². The van der Waals surface area contributed by atoms with E-state index in [0.29, 0.717) is 5.92 Å². The molecule has 1 atom stereocenters. The molecule has 20 heavy (non-hydrogen) atoms. The van der Waals surface area contributed by atoms with Gasteiger partial charge in [0.25, 0.3) is 0 Å². The van der Waals surface area contributed by atoms with E-state index in [2.05, 4.69) is 24.1 Å². The quantitative estimate of drug-likeness (QED) is 0.732. The van der Waals surface area contributed by atoms with E-state index in [-0.39, 0.29) is 12.6 Å². The maximum absolute atomic E-state index is 9.52. The van der Waals surface area contributed by atoms with Gasteiger partial charge in [0.2, 0.25) is 0 Å². The van der Waals surface area contributed by atoms with E-state index < -0.39 is 0 Å². The number of aliphatic hydroxyl groups excluding tert-OH is 1. The molecule has 1 aromatic carbocycles. The fourth-order valence-electron chi connectivity index (χ4n) is 2.46. The number of nitrogens with two attached hydrogens (primary N) is 1. The number of nitrogens with one attached hydrogen (secondary N) is 1. The van der Waals surface area contributed by atoms with Gasteiger partial charge in [0.15, 0.2) is 0 Å². The largest absolute Gasteiger partial charge is 0.398 e. The topological polar surface area (TPSA) is 71.2 Å². The second-order valence-electron chi connectivity index (χ2n) is 5.73. The lowest BCUT2D eigenvalue weighted by atomic mass is 10.0. The second-order valence-corrected chi connectivity index (χ2v) is 5.73. The fraction of sp³-hybridized carbons (Fsp3) is 0.438. The average molecular weight is 273 g/mol. The Bertz CT molecular complexity index is 596. The molecule has 0 spiro atoms. The van der Waals surface area contributed by atoms with E-state index in [9.17, 15) is 5.11 Å². The molecule has 1 aromatic heterocycles. The number of aryl methyl sites for hydroxylation is 1. The molecule has 4 nitrogen and oxygen atoms in total. The zero-order valence-corrected chi connectivity index (χ0v) is 12.4. The molecule has 0 saturated heterocycles. The molecule has 0 radical (unpaired) electrons. The number of pyridine rings is 1. The number of hydrogen-bond acceptors (Lipinski definition) is 4. The standard InChI is InChI=1S/C16H23N3O/c1-10(2)6-12(9-20)19-16-5-4-15(17)14-8-18-11(3)7-13(14)16/h4-5,7-8,10,12,19-20H,6,9,17H2,1-3H3. The Labute approximate surface area is 120 Å². The molecule has 1 unspecified atom stereocenters. The summed E-state index contributed by atoms with van der Waals surface area (Å²) in [6, 6.07) is 5.93. The van der Waals surface area contributed by atoms with Crippen LogP contribution in [0, 0.1) is 12.8 Å². The third kappa shape index (κ3) is 3.20. The van der Waals surface area contributed by atoms with Gasteiger partial charge in [-0.2, -0.15) is 0 Å². The van der Waals surface area contributed by atoms with Crippen LogP contribution >= 0.6 is 0 Å². The van der Waals surface area contributed by atoms with Gasteiger partial charge < -0.3 is 16.2 Å². The van der Waals surface area contributed by atoms with Crippen LogP contribution in [0.15, 0.2) is 24.4 Å². The molecule has 0 aliphatic carbocycles. The van der Waals surface area contributed by atoms with Gasteiger partial charge in [-0.05, 0) is 37.5 Å². The minimum absolute atomic E-state index is 0.0512. The molecule has 2 aromatic rings. The van der Waals surface area contributed by atoms with E-state index >= 15 is 0 Å². The van der Waals surface area contributed by atoms with E-state index in [1.54, 1.807) is 0 Å². The Morgan fingerprint density at radius 2 is 2.05 bits per heavy atom. The van der Waals surface area contributed by atoms with Crippen LogP contribution in [0.1, 0.15) is 26.0 Å². The molecule has 0 saturated carbocycles. The van der Waals surface area contributed by atoms with Crippen LogP contribution in [-0.4, -0.2) is 22.7 Å². The number of aliphatic hydroxyl groups is 1. The number of rotatable bonds is 5. The van der Waals surface area contributed by atoms with Gasteiger partial charge in [-0.15, -0.1) is 0 Å². The van der Waals surface area contributed by atoms with Gasteiger partial charge in [0, 0.05) is 40.1 Å². The highest BCUT2D eigenvalue weighted by molar-refractivity contribution is 6.00. The molecule has 0 bridgehead atoms. The lowest BCUT2D eigenvalue weighted by molar-refractivity contribution is 0.259. The van der Waals surface area contributed by atoms with E-state index in [0.717, 1.165) is 34.3 Å². The Morgan fingerprint density at radius 1 is 1.30 bits per heavy atom. The molecule has 0 amide bonds. The maximum Gasteiger partial charge on any atom is 0.0632 e. The summed E-state index contributed by atoms with van der Waals surface area (Å²) in [7, 11) is 0. The first-order valence-electron chi connectivity index (χ1n) is 7.03. The first-order chi connectivity index (χ1) is 9.51. The first kappa shape index (κ1) is 14.6. The number of fused-ring (bicyclic) bond motifs is 1. The average Bonchev–Trinajstić information content (AvgIpc) is 2.40. The Hall–Kier alpha value is -1.81. The molecule has 0 aliphatic rings. The highest BCUT2D eigenvalue weighted by Gasteiger charge is 2.12. The van der Waals surface area contributed by atoms with Crippen molar-refractivity contribution in [3.63, 3.8) is 0 Å². The van der Waals surface area contributed by atoms with Crippen LogP contribution < -0.4 is 11.1 Å². The van der Waals surface area contributed by atoms with Gasteiger partial charge in [0.1, 0.15) is 0 Å². The van der Waals surface area contributed by atoms with Gasteiger partial charge in [-0.3, -0.25) is 4.98 Å². The minimum Gasteiger partial charge on any atom is -0.398 e. The molecule has 2 rings (SSSR count). The molecule has 4 heteroatoms. The zero-order chi connectivity index (χ0) is 14.7. The van der Waals surface area contributed by atoms with Crippen LogP contribution in [0.3, 0.4) is 0 Å². The van der Waals surface area contributed by atoms with Crippen LogP contribution in [0.2, 0.25) is 0 Å². The molecule has 1 heterocycles. The third-order valence-corrected chi connectivity index (χ3v) is 3.41. The smallest absolute Gasteiger partial charge is 0.0632 e. The summed E-state index contributed by atoms with van der Waals surface area (Å²) in [5.41, 5.74) is 8.68. The van der Waals surface area contributed by atoms with Gasteiger partial charge in [-0.25, -0.2) is 0 Å². The second kappa shape index (κ2) is 6.09. The van der Waals surface area contributed by atoms with Crippen molar-refractivity contribution in [1.82, 2.24) is 4.98 Å². The summed E-state index contributed by atoms with van der Waals surface area (Å²) in [5, 5.41) is 14.9. The van der Waals surface area contributed by atoms with Crippen molar-refractivity contribution >= 4 is 22.1 Å². The van der Waals surface area contributed by atoms with Crippen molar-refractivity contribution in [3.05, 3.63) is 30.1 Å². The summed E-state index contributed by atoms with van der Waals surface area (Å²) in [6.45, 7) is 6.39. The zero-order valence-electron chi connectivity index (χ0n) is 12.4. The predicted molar refractivity (Wildman–Crippen MR) is 84.8 cm³/mol. The Kier molecular flexibility index (Phi) is 4.45. The third-order valence-electron chi connectivity index (χ3n) is 3.41. The van der Waals surface area contributed by atoms with Crippen molar-refractivity contribution in [1.29, 1.82) is 0 Å². The SMILES string of the molecule is Cc1cc2c(NC(CO)CC(C)C)ccc(N)c2cn1. The molecule has 108 valence electrons. The number of hydrogen-bond donors (Lipinski definition) is 3. The molecule has 4 N–H and O–H groups in total. The normalized spacial score (nSPS) is 12.8. The van der Waals surface area contributed by atoms with E-state index in [4.69, 9.17) is 5.73 Å². The summed E-state index contributed by atoms with van der Waals surface area (Å²) in [5.74, 6) is 0.531. The summed E-state index contributed by atoms with van der Waals surface area (Å²) in [6.07, 6.45) is 2.73. The summed E-state index contributed by atoms with van der Waals surface area (Å²) < 4.78 is 0. The van der Waals surface area contributed by atoms with Crippen molar-refractivity contribution in [2.45, 2.75) is 33.2 Å². The predicted octanol–water partition coefficient (Wildman–Crippen LogP) is 2.94. The number of nitrogens with zero attached hydrogens (tertiary/aromatic N) is 1. The van der Waals surface area contributed by atoms with Gasteiger partial charge >= 0.3 is 0 Å². The summed E-state index contributed by atoms with van der Waals surface area (Å²) in [4.78, 5) is 4.30. The highest BCUT2D eigenvalue weighted by atomic mass is 16.3. The monoisotopic (exact) mass is 273 g/mol. The number of nitrogen functional groups attached to an aromatic ring is 1. The van der Waals surface area contributed by atoms with Gasteiger partial charge in [0.05, 0.1) is 6.61 Å². The minimum atomic E-state index is 0.0512. The molecular formula is C16H23N3O. The highest BCUT2D eigenvalue weighted by Crippen LogP contribution is 2.29. The van der Waals surface area contributed by atoms with Crippen molar-refractivity contribution in [3.8, 4) is 0 Å². The van der Waals surface area contributed by atoms with E-state index in [1.165, 1.54) is 0 Å². The molecule has 0 aliphatic heterocycles. The molecule has 0 fully saturated rings. The number of benzene rings is 1. The number of aromatic nitrogens is 1. The Balaban J connectivity index is 2.38. The van der Waals surface area contributed by atoms with Gasteiger partial charge in [-0.1, -0.05) is 13.8 Å². The first-order valence-corrected chi connectivity index (χ1v) is 7.03. The summed E-state index contributed by atoms with van der Waals surface area (Å²) >= 11 is 0. The van der Waals surface area contributed by atoms with Crippen molar-refractivity contribution < 1.29 is 5.11 Å². The Morgan fingerprint density at radius 3 is 2.70 bits per heavy atom. The lowest BCUT2D eigenvalue weighted by Crippen LogP contribution is -2.25. The fourth-order valence-corrected chi connectivity index (χ4v) is 2.46. The van der Waals surface area contributed by atoms with Crippen LogP contribution in [0.25, 0.3) is 10.8 Å². The van der Waals surface area contributed by atoms with Crippen LogP contribution in [0.4, 0.5) is 11.4 Å². The molecular weight excluding hydrogens is 250 g/mol. The van der Waals surface area contributed by atoms with Crippen molar-refractivity contribution in [2.75, 3.05) is 17.7 Å². The lowest BCUT2D eigenvalue weighted by Gasteiger charge is -2.21. The number of anilines is 2. The maximum atomic E-state index is 9.52. The van der Waals surface area contributed by atoms with Crippen LogP contribution in [-0.2, 0) is 0 Å². The van der Waals surface area contributed by atoms with E-state index in [1.807, 2.05) is 31.3 Å².